The Bertz CT molecular complexity index is 605. The highest BCUT2D eigenvalue weighted by molar-refractivity contribution is 5.83. The number of carbonyl (C=O) groups is 1. The van der Waals surface area contributed by atoms with Gasteiger partial charge in [0, 0.05) is 6.42 Å². The van der Waals surface area contributed by atoms with Gasteiger partial charge in [-0.2, -0.15) is 0 Å². The number of rotatable bonds is 4. The second-order valence-electron chi connectivity index (χ2n) is 6.81. The minimum atomic E-state index is 0.131. The van der Waals surface area contributed by atoms with Gasteiger partial charge in [0.25, 0.3) is 0 Å². The molecule has 0 saturated heterocycles. The molecule has 2 aromatic rings. The molecular formula is C19H24O2. The van der Waals surface area contributed by atoms with Crippen molar-refractivity contribution in [3.63, 3.8) is 0 Å². The fourth-order valence-electron chi connectivity index (χ4n) is 2.57. The fourth-order valence-corrected chi connectivity index (χ4v) is 2.57. The van der Waals surface area contributed by atoms with E-state index in [1.807, 2.05) is 12.1 Å². The SMILES string of the molecule is Cc1cc(C(C)(C)C)cc(C)c1CC(=O)Cc1ccco1. The zero-order chi connectivity index (χ0) is 15.6. The van der Waals surface area contributed by atoms with Crippen molar-refractivity contribution in [3.8, 4) is 0 Å². The Hall–Kier alpha value is -1.83. The molecule has 112 valence electrons. The lowest BCUT2D eigenvalue weighted by Crippen LogP contribution is -2.14. The fraction of sp³-hybridized carbons (Fsp3) is 0.421. The summed E-state index contributed by atoms with van der Waals surface area (Å²) in [6, 6.07) is 8.09. The summed E-state index contributed by atoms with van der Waals surface area (Å²) >= 11 is 0. The van der Waals surface area contributed by atoms with Gasteiger partial charge in [-0.1, -0.05) is 32.9 Å². The van der Waals surface area contributed by atoms with Gasteiger partial charge in [-0.05, 0) is 53.6 Å². The van der Waals surface area contributed by atoms with Crippen LogP contribution in [-0.2, 0) is 23.1 Å². The Morgan fingerprint density at radius 1 is 1.10 bits per heavy atom. The Labute approximate surface area is 127 Å². The number of furan rings is 1. The van der Waals surface area contributed by atoms with E-state index in [-0.39, 0.29) is 11.2 Å². The van der Waals surface area contributed by atoms with E-state index in [1.54, 1.807) is 6.26 Å². The molecule has 2 heteroatoms. The molecule has 1 aromatic carbocycles. The summed E-state index contributed by atoms with van der Waals surface area (Å²) in [5.41, 5.74) is 5.01. The largest absolute Gasteiger partial charge is 0.469 e. The van der Waals surface area contributed by atoms with E-state index < -0.39 is 0 Å². The van der Waals surface area contributed by atoms with E-state index >= 15 is 0 Å². The molecule has 0 radical (unpaired) electrons. The van der Waals surface area contributed by atoms with Crippen molar-refractivity contribution in [2.45, 2.75) is 52.9 Å². The number of benzene rings is 1. The van der Waals surface area contributed by atoms with Crippen LogP contribution in [0, 0.1) is 13.8 Å². The lowest BCUT2D eigenvalue weighted by atomic mass is 9.83. The van der Waals surface area contributed by atoms with Gasteiger partial charge < -0.3 is 4.42 Å². The van der Waals surface area contributed by atoms with Crippen molar-refractivity contribution >= 4 is 5.78 Å². The molecule has 0 bridgehead atoms. The first-order valence-electron chi connectivity index (χ1n) is 7.42. The first kappa shape index (κ1) is 15.6. The molecule has 0 aliphatic rings. The number of hydrogen-bond donors (Lipinski definition) is 0. The van der Waals surface area contributed by atoms with Crippen LogP contribution in [-0.4, -0.2) is 5.78 Å². The Morgan fingerprint density at radius 2 is 1.71 bits per heavy atom. The lowest BCUT2D eigenvalue weighted by Gasteiger charge is -2.22. The second-order valence-corrected chi connectivity index (χ2v) is 6.81. The second kappa shape index (κ2) is 5.88. The number of Topliss-reactive ketones (excluding diaryl/α,β-unsaturated/α-hetero) is 1. The average molecular weight is 284 g/mol. The molecule has 0 amide bonds. The minimum Gasteiger partial charge on any atom is -0.469 e. The molecule has 0 fully saturated rings. The zero-order valence-electron chi connectivity index (χ0n) is 13.6. The van der Waals surface area contributed by atoms with Gasteiger partial charge in [-0.25, -0.2) is 0 Å². The molecule has 0 N–H and O–H groups in total. The first-order chi connectivity index (χ1) is 9.77. The van der Waals surface area contributed by atoms with Crippen LogP contribution in [0.3, 0.4) is 0 Å². The number of hydrogen-bond acceptors (Lipinski definition) is 2. The number of carbonyl (C=O) groups excluding carboxylic acids is 1. The molecule has 0 unspecified atom stereocenters. The third kappa shape index (κ3) is 3.84. The van der Waals surface area contributed by atoms with E-state index in [9.17, 15) is 4.79 Å². The standard InChI is InChI=1S/C19H24O2/c1-13-9-15(19(3,4)5)10-14(2)18(13)12-16(20)11-17-7-6-8-21-17/h6-10H,11-12H2,1-5H3. The van der Waals surface area contributed by atoms with Crippen molar-refractivity contribution in [3.05, 3.63) is 58.5 Å². The van der Waals surface area contributed by atoms with Gasteiger partial charge in [0.1, 0.15) is 11.5 Å². The van der Waals surface area contributed by atoms with Crippen molar-refractivity contribution in [2.24, 2.45) is 0 Å². The highest BCUT2D eigenvalue weighted by atomic mass is 16.3. The van der Waals surface area contributed by atoms with E-state index in [0.717, 1.165) is 11.3 Å². The summed E-state index contributed by atoms with van der Waals surface area (Å²) in [5.74, 6) is 0.932. The number of ketones is 1. The Balaban J connectivity index is 2.19. The molecule has 0 saturated carbocycles. The maximum atomic E-state index is 12.2. The molecule has 0 aliphatic heterocycles. The maximum Gasteiger partial charge on any atom is 0.144 e. The van der Waals surface area contributed by atoms with Crippen molar-refractivity contribution in [2.75, 3.05) is 0 Å². The van der Waals surface area contributed by atoms with Crippen LogP contribution < -0.4 is 0 Å². The van der Waals surface area contributed by atoms with Crippen LogP contribution in [0.25, 0.3) is 0 Å². The summed E-state index contributed by atoms with van der Waals surface area (Å²) in [4.78, 5) is 12.2. The summed E-state index contributed by atoms with van der Waals surface area (Å²) in [6.07, 6.45) is 2.45. The van der Waals surface area contributed by atoms with Gasteiger partial charge in [0.05, 0.1) is 12.7 Å². The predicted octanol–water partition coefficient (Wildman–Crippen LogP) is 4.55. The van der Waals surface area contributed by atoms with E-state index in [4.69, 9.17) is 4.42 Å². The number of aryl methyl sites for hydroxylation is 2. The van der Waals surface area contributed by atoms with Gasteiger partial charge >= 0.3 is 0 Å². The average Bonchev–Trinajstić information content (AvgIpc) is 2.85. The van der Waals surface area contributed by atoms with Crippen molar-refractivity contribution in [1.82, 2.24) is 0 Å². The normalized spacial score (nSPS) is 11.7. The third-order valence-corrected chi connectivity index (χ3v) is 3.89. The monoisotopic (exact) mass is 284 g/mol. The van der Waals surface area contributed by atoms with E-state index in [0.29, 0.717) is 12.8 Å². The van der Waals surface area contributed by atoms with E-state index in [1.165, 1.54) is 16.7 Å². The summed E-state index contributed by atoms with van der Waals surface area (Å²) in [6.45, 7) is 10.8. The van der Waals surface area contributed by atoms with Gasteiger partial charge in [-0.15, -0.1) is 0 Å². The molecular weight excluding hydrogens is 260 g/mol. The van der Waals surface area contributed by atoms with Gasteiger partial charge in [0.2, 0.25) is 0 Å². The zero-order valence-corrected chi connectivity index (χ0v) is 13.6. The Morgan fingerprint density at radius 3 is 2.19 bits per heavy atom. The molecule has 2 rings (SSSR count). The minimum absolute atomic E-state index is 0.131. The van der Waals surface area contributed by atoms with Crippen molar-refractivity contribution in [1.29, 1.82) is 0 Å². The third-order valence-electron chi connectivity index (χ3n) is 3.89. The molecule has 1 aromatic heterocycles. The molecule has 2 nitrogen and oxygen atoms in total. The van der Waals surface area contributed by atoms with Crippen LogP contribution in [0.4, 0.5) is 0 Å². The predicted molar refractivity (Wildman–Crippen MR) is 85.7 cm³/mol. The first-order valence-corrected chi connectivity index (χ1v) is 7.42. The Kier molecular flexibility index (Phi) is 4.36. The molecule has 21 heavy (non-hydrogen) atoms. The molecule has 1 heterocycles. The smallest absolute Gasteiger partial charge is 0.144 e. The molecule has 0 aliphatic carbocycles. The summed E-state index contributed by atoms with van der Waals surface area (Å²) in [7, 11) is 0. The van der Waals surface area contributed by atoms with E-state index in [2.05, 4.69) is 46.8 Å². The molecule has 0 spiro atoms. The van der Waals surface area contributed by atoms with Crippen LogP contribution in [0.5, 0.6) is 0 Å². The van der Waals surface area contributed by atoms with Gasteiger partial charge in [0.15, 0.2) is 0 Å². The highest BCUT2D eigenvalue weighted by Gasteiger charge is 2.17. The quantitative estimate of drug-likeness (QED) is 0.824. The van der Waals surface area contributed by atoms with Crippen LogP contribution in [0.1, 0.15) is 48.8 Å². The van der Waals surface area contributed by atoms with Crippen LogP contribution in [0.2, 0.25) is 0 Å². The van der Waals surface area contributed by atoms with Crippen LogP contribution in [0.15, 0.2) is 34.9 Å². The highest BCUT2D eigenvalue weighted by Crippen LogP contribution is 2.27. The maximum absolute atomic E-state index is 12.2. The molecule has 0 atom stereocenters. The van der Waals surface area contributed by atoms with Gasteiger partial charge in [-0.3, -0.25) is 4.79 Å². The van der Waals surface area contributed by atoms with Crippen LogP contribution >= 0.6 is 0 Å². The topological polar surface area (TPSA) is 30.2 Å². The van der Waals surface area contributed by atoms with Crippen molar-refractivity contribution < 1.29 is 9.21 Å². The lowest BCUT2D eigenvalue weighted by molar-refractivity contribution is -0.118. The summed E-state index contributed by atoms with van der Waals surface area (Å²) < 4.78 is 5.25. The summed E-state index contributed by atoms with van der Waals surface area (Å²) in [5, 5.41) is 0.